The van der Waals surface area contributed by atoms with E-state index in [2.05, 4.69) is 6.07 Å². The molecule has 0 saturated carbocycles. The molecule has 2 N–H and O–H groups in total. The van der Waals surface area contributed by atoms with Crippen LogP contribution in [0, 0.1) is 18.3 Å². The van der Waals surface area contributed by atoms with E-state index < -0.39 is 5.92 Å². The van der Waals surface area contributed by atoms with Gasteiger partial charge in [0.2, 0.25) is 11.8 Å². The van der Waals surface area contributed by atoms with Gasteiger partial charge in [-0.15, -0.1) is 0 Å². The SMILES string of the molecule is CCOc1cc([C@H]2C(C#N)=C(N)Oc3c2c(C)nn3-c2ccccc2)ccc1OCc1ccc(Cl)cc1Cl. The normalized spacial score (nSPS) is 14.4. The van der Waals surface area contributed by atoms with Crippen molar-refractivity contribution in [2.75, 3.05) is 6.61 Å². The Bertz CT molecular complexity index is 1570. The van der Waals surface area contributed by atoms with Gasteiger partial charge in [0.25, 0.3) is 0 Å². The van der Waals surface area contributed by atoms with E-state index in [4.69, 9.17) is 48.2 Å². The van der Waals surface area contributed by atoms with Crippen molar-refractivity contribution in [3.8, 4) is 29.1 Å². The van der Waals surface area contributed by atoms with Gasteiger partial charge in [0.05, 0.1) is 29.5 Å². The molecule has 0 amide bonds. The summed E-state index contributed by atoms with van der Waals surface area (Å²) in [6, 6.07) is 22.7. The highest BCUT2D eigenvalue weighted by Gasteiger charge is 2.36. The van der Waals surface area contributed by atoms with E-state index in [1.165, 1.54) is 0 Å². The third-order valence-corrected chi connectivity index (χ3v) is 6.82. The molecule has 4 aromatic rings. The average Bonchev–Trinajstić information content (AvgIpc) is 3.24. The van der Waals surface area contributed by atoms with Gasteiger partial charge in [-0.25, -0.2) is 4.68 Å². The fourth-order valence-corrected chi connectivity index (χ4v) is 4.94. The minimum absolute atomic E-state index is 0.0396. The first-order valence-corrected chi connectivity index (χ1v) is 12.7. The topological polar surface area (TPSA) is 95.3 Å². The van der Waals surface area contributed by atoms with Gasteiger partial charge in [-0.05, 0) is 55.8 Å². The fraction of sp³-hybridized carbons (Fsp3) is 0.172. The van der Waals surface area contributed by atoms with Gasteiger partial charge in [0, 0.05) is 15.6 Å². The molecule has 7 nitrogen and oxygen atoms in total. The lowest BCUT2D eigenvalue weighted by Crippen LogP contribution is -2.22. The van der Waals surface area contributed by atoms with Crippen molar-refractivity contribution in [2.24, 2.45) is 5.73 Å². The quantitative estimate of drug-likeness (QED) is 0.277. The van der Waals surface area contributed by atoms with Gasteiger partial charge in [-0.3, -0.25) is 0 Å². The second-order valence-corrected chi connectivity index (χ2v) is 9.48. The van der Waals surface area contributed by atoms with Crippen LogP contribution in [-0.2, 0) is 6.61 Å². The number of nitrogens with zero attached hydrogens (tertiary/aromatic N) is 3. The summed E-state index contributed by atoms with van der Waals surface area (Å²) in [6.07, 6.45) is 0. The number of hydrogen-bond acceptors (Lipinski definition) is 6. The predicted octanol–water partition coefficient (Wildman–Crippen LogP) is 6.68. The van der Waals surface area contributed by atoms with E-state index in [9.17, 15) is 5.26 Å². The molecule has 0 saturated heterocycles. The zero-order valence-electron chi connectivity index (χ0n) is 20.7. The number of aryl methyl sites for hydroxylation is 1. The van der Waals surface area contributed by atoms with Crippen molar-refractivity contribution in [3.63, 3.8) is 0 Å². The number of nitriles is 1. The molecule has 0 fully saturated rings. The Kier molecular flexibility index (Phi) is 7.19. The maximum Gasteiger partial charge on any atom is 0.229 e. The Morgan fingerprint density at radius 1 is 1.05 bits per heavy atom. The van der Waals surface area contributed by atoms with Crippen LogP contribution in [0.1, 0.15) is 35.2 Å². The second-order valence-electron chi connectivity index (χ2n) is 8.64. The highest BCUT2D eigenvalue weighted by molar-refractivity contribution is 6.35. The summed E-state index contributed by atoms with van der Waals surface area (Å²) in [5, 5.41) is 15.8. The lowest BCUT2D eigenvalue weighted by molar-refractivity contribution is 0.269. The summed E-state index contributed by atoms with van der Waals surface area (Å²) in [7, 11) is 0. The molecule has 38 heavy (non-hydrogen) atoms. The summed E-state index contributed by atoms with van der Waals surface area (Å²) < 4.78 is 19.7. The number of ether oxygens (including phenoxy) is 3. The number of hydrogen-bond donors (Lipinski definition) is 1. The molecule has 5 rings (SSSR count). The summed E-state index contributed by atoms with van der Waals surface area (Å²) in [6.45, 7) is 4.44. The third kappa shape index (κ3) is 4.76. The van der Waals surface area contributed by atoms with Crippen molar-refractivity contribution in [1.29, 1.82) is 5.26 Å². The molecule has 0 unspecified atom stereocenters. The van der Waals surface area contributed by atoms with Gasteiger partial charge in [0.1, 0.15) is 18.2 Å². The minimum atomic E-state index is -0.500. The Balaban J connectivity index is 1.55. The predicted molar refractivity (Wildman–Crippen MR) is 146 cm³/mol. The molecule has 2 heterocycles. The van der Waals surface area contributed by atoms with Crippen LogP contribution >= 0.6 is 23.2 Å². The largest absolute Gasteiger partial charge is 0.490 e. The Morgan fingerprint density at radius 2 is 1.84 bits per heavy atom. The van der Waals surface area contributed by atoms with E-state index in [1.54, 1.807) is 16.8 Å². The first kappa shape index (κ1) is 25.5. The van der Waals surface area contributed by atoms with Gasteiger partial charge < -0.3 is 19.9 Å². The van der Waals surface area contributed by atoms with Crippen LogP contribution < -0.4 is 19.9 Å². The molecule has 1 aliphatic heterocycles. The van der Waals surface area contributed by atoms with Crippen molar-refractivity contribution in [3.05, 3.63) is 111 Å². The number of rotatable bonds is 7. The van der Waals surface area contributed by atoms with Crippen LogP contribution in [0.5, 0.6) is 17.4 Å². The number of benzene rings is 3. The zero-order valence-corrected chi connectivity index (χ0v) is 22.3. The molecule has 0 bridgehead atoms. The number of halogens is 2. The summed E-state index contributed by atoms with van der Waals surface area (Å²) in [5.41, 5.74) is 10.5. The van der Waals surface area contributed by atoms with Crippen LogP contribution in [0.2, 0.25) is 10.0 Å². The second kappa shape index (κ2) is 10.7. The van der Waals surface area contributed by atoms with Crippen molar-refractivity contribution >= 4 is 23.2 Å². The van der Waals surface area contributed by atoms with E-state index in [1.807, 2.05) is 68.4 Å². The molecule has 9 heteroatoms. The van der Waals surface area contributed by atoms with Crippen LogP contribution in [0.15, 0.2) is 78.2 Å². The third-order valence-electron chi connectivity index (χ3n) is 6.23. The molecule has 192 valence electrons. The lowest BCUT2D eigenvalue weighted by atomic mass is 9.84. The van der Waals surface area contributed by atoms with Crippen LogP contribution in [0.4, 0.5) is 0 Å². The Hall–Kier alpha value is -4.12. The van der Waals surface area contributed by atoms with Crippen molar-refractivity contribution in [2.45, 2.75) is 26.4 Å². The van der Waals surface area contributed by atoms with Gasteiger partial charge in [-0.2, -0.15) is 10.4 Å². The molecule has 0 radical (unpaired) electrons. The van der Waals surface area contributed by atoms with E-state index in [-0.39, 0.29) is 12.5 Å². The van der Waals surface area contributed by atoms with Gasteiger partial charge in [0.15, 0.2) is 11.5 Å². The summed E-state index contributed by atoms with van der Waals surface area (Å²) >= 11 is 12.3. The maximum atomic E-state index is 10.0. The molecule has 0 spiro atoms. The molecular formula is C29H24Cl2N4O3. The van der Waals surface area contributed by atoms with Gasteiger partial charge >= 0.3 is 0 Å². The standard InChI is InChI=1S/C29H24Cl2N4O3/c1-3-36-25-13-18(10-12-24(25)37-16-19-9-11-20(30)14-23(19)31)27-22(15-32)28(33)38-29-26(27)17(2)34-35(29)21-7-5-4-6-8-21/h4-14,27H,3,16,33H2,1-2H3/t27-/m0/s1. The highest BCUT2D eigenvalue weighted by Crippen LogP contribution is 2.46. The first-order valence-electron chi connectivity index (χ1n) is 12.0. The molecule has 1 aromatic heterocycles. The van der Waals surface area contributed by atoms with E-state index >= 15 is 0 Å². The Labute approximate surface area is 230 Å². The zero-order chi connectivity index (χ0) is 26.8. The molecule has 3 aromatic carbocycles. The minimum Gasteiger partial charge on any atom is -0.490 e. The summed E-state index contributed by atoms with van der Waals surface area (Å²) in [5.74, 6) is 1.09. The maximum absolute atomic E-state index is 10.0. The van der Waals surface area contributed by atoms with Crippen LogP contribution in [-0.4, -0.2) is 16.4 Å². The number of nitrogens with two attached hydrogens (primary N) is 1. The van der Waals surface area contributed by atoms with E-state index in [0.717, 1.165) is 28.1 Å². The molecule has 0 aliphatic carbocycles. The lowest BCUT2D eigenvalue weighted by Gasteiger charge is -2.25. The number of allylic oxidation sites excluding steroid dienone is 1. The molecule has 1 aliphatic rings. The smallest absolute Gasteiger partial charge is 0.229 e. The number of fused-ring (bicyclic) bond motifs is 1. The van der Waals surface area contributed by atoms with Crippen LogP contribution in [0.3, 0.4) is 0 Å². The monoisotopic (exact) mass is 546 g/mol. The van der Waals surface area contributed by atoms with Gasteiger partial charge in [-0.1, -0.05) is 53.5 Å². The highest BCUT2D eigenvalue weighted by atomic mass is 35.5. The average molecular weight is 547 g/mol. The first-order chi connectivity index (χ1) is 18.4. The number of para-hydroxylation sites is 1. The van der Waals surface area contributed by atoms with Crippen LogP contribution in [0.25, 0.3) is 5.69 Å². The van der Waals surface area contributed by atoms with Crippen molar-refractivity contribution < 1.29 is 14.2 Å². The number of aromatic nitrogens is 2. The van der Waals surface area contributed by atoms with Crippen molar-refractivity contribution in [1.82, 2.24) is 9.78 Å². The molecule has 1 atom stereocenters. The Morgan fingerprint density at radius 3 is 2.55 bits per heavy atom. The summed E-state index contributed by atoms with van der Waals surface area (Å²) in [4.78, 5) is 0. The molecular weight excluding hydrogens is 523 g/mol. The fourth-order valence-electron chi connectivity index (χ4n) is 4.48. The van der Waals surface area contributed by atoms with E-state index in [0.29, 0.717) is 39.6 Å².